The molecule has 0 aliphatic rings. The number of aryl methyl sites for hydroxylation is 2. The maximum absolute atomic E-state index is 6.02. The molecule has 0 radical (unpaired) electrons. The van der Waals surface area contributed by atoms with Gasteiger partial charge >= 0.3 is 0 Å². The van der Waals surface area contributed by atoms with Crippen molar-refractivity contribution in [1.82, 2.24) is 14.7 Å². The molecule has 1 rings (SSSR count). The second-order valence-corrected chi connectivity index (χ2v) is 5.78. The lowest BCUT2D eigenvalue weighted by Gasteiger charge is -2.35. The van der Waals surface area contributed by atoms with Gasteiger partial charge in [0.05, 0.1) is 11.7 Å². The van der Waals surface area contributed by atoms with Crippen molar-refractivity contribution in [2.75, 3.05) is 13.1 Å². The Morgan fingerprint density at radius 3 is 2.28 bits per heavy atom. The van der Waals surface area contributed by atoms with E-state index in [9.17, 15) is 0 Å². The van der Waals surface area contributed by atoms with E-state index in [0.29, 0.717) is 18.5 Å². The lowest BCUT2D eigenvalue weighted by molar-refractivity contribution is 0.138. The molecule has 1 heterocycles. The molecule has 104 valence electrons. The van der Waals surface area contributed by atoms with Crippen LogP contribution >= 0.6 is 0 Å². The summed E-state index contributed by atoms with van der Waals surface area (Å²) in [5, 5.41) is 4.44. The van der Waals surface area contributed by atoms with Crippen LogP contribution in [0.4, 0.5) is 0 Å². The molecule has 2 N–H and O–H groups in total. The molecule has 18 heavy (non-hydrogen) atoms. The van der Waals surface area contributed by atoms with Crippen molar-refractivity contribution in [3.63, 3.8) is 0 Å². The van der Waals surface area contributed by atoms with Crippen molar-refractivity contribution in [2.45, 2.75) is 46.7 Å². The van der Waals surface area contributed by atoms with Gasteiger partial charge in [-0.1, -0.05) is 13.8 Å². The van der Waals surface area contributed by atoms with Crippen LogP contribution in [-0.4, -0.2) is 33.8 Å². The van der Waals surface area contributed by atoms with Crippen LogP contribution in [0, 0.1) is 12.8 Å². The third-order valence-corrected chi connectivity index (χ3v) is 3.27. The third kappa shape index (κ3) is 3.56. The molecule has 0 amide bonds. The first-order valence-corrected chi connectivity index (χ1v) is 6.82. The molecule has 4 nitrogen and oxygen atoms in total. The van der Waals surface area contributed by atoms with Crippen molar-refractivity contribution in [1.29, 1.82) is 0 Å². The molecule has 0 bridgehead atoms. The van der Waals surface area contributed by atoms with E-state index in [-0.39, 0.29) is 6.04 Å². The molecule has 0 saturated heterocycles. The molecule has 4 heteroatoms. The summed E-state index contributed by atoms with van der Waals surface area (Å²) in [6.45, 7) is 12.7. The summed E-state index contributed by atoms with van der Waals surface area (Å²) in [6.07, 6.45) is 2.10. The highest BCUT2D eigenvalue weighted by Gasteiger charge is 2.25. The lowest BCUT2D eigenvalue weighted by Crippen LogP contribution is -2.41. The molecule has 0 spiro atoms. The van der Waals surface area contributed by atoms with Crippen LogP contribution in [0.3, 0.4) is 0 Å². The third-order valence-electron chi connectivity index (χ3n) is 3.27. The van der Waals surface area contributed by atoms with Crippen LogP contribution in [0.25, 0.3) is 0 Å². The van der Waals surface area contributed by atoms with Crippen molar-refractivity contribution in [3.8, 4) is 0 Å². The van der Waals surface area contributed by atoms with Crippen LogP contribution < -0.4 is 5.73 Å². The number of nitrogens with two attached hydrogens (primary N) is 1. The van der Waals surface area contributed by atoms with Gasteiger partial charge in [-0.3, -0.25) is 9.58 Å². The molecule has 0 fully saturated rings. The highest BCUT2D eigenvalue weighted by atomic mass is 15.3. The molecule has 1 atom stereocenters. The first kappa shape index (κ1) is 15.2. The van der Waals surface area contributed by atoms with Gasteiger partial charge in [0.15, 0.2) is 0 Å². The lowest BCUT2D eigenvalue weighted by atomic mass is 10.0. The van der Waals surface area contributed by atoms with Gasteiger partial charge in [-0.05, 0) is 26.7 Å². The van der Waals surface area contributed by atoms with Gasteiger partial charge in [-0.2, -0.15) is 5.10 Å². The topological polar surface area (TPSA) is 47.1 Å². The fourth-order valence-corrected chi connectivity index (χ4v) is 2.51. The Labute approximate surface area is 111 Å². The number of hydrogen-bond acceptors (Lipinski definition) is 3. The van der Waals surface area contributed by atoms with Gasteiger partial charge in [0.1, 0.15) is 0 Å². The normalized spacial score (nSPS) is 13.9. The molecular weight excluding hydrogens is 224 g/mol. The van der Waals surface area contributed by atoms with Gasteiger partial charge in [0.25, 0.3) is 0 Å². The Kier molecular flexibility index (Phi) is 5.35. The van der Waals surface area contributed by atoms with Gasteiger partial charge < -0.3 is 5.73 Å². The molecule has 0 saturated carbocycles. The van der Waals surface area contributed by atoms with E-state index in [0.717, 1.165) is 12.2 Å². The first-order valence-electron chi connectivity index (χ1n) is 6.82. The minimum absolute atomic E-state index is 0.265. The van der Waals surface area contributed by atoms with Crippen LogP contribution in [0.1, 0.15) is 45.0 Å². The maximum Gasteiger partial charge on any atom is 0.0641 e. The minimum Gasteiger partial charge on any atom is -0.329 e. The van der Waals surface area contributed by atoms with E-state index >= 15 is 0 Å². The van der Waals surface area contributed by atoms with Crippen LogP contribution in [0.2, 0.25) is 0 Å². The summed E-state index contributed by atoms with van der Waals surface area (Å²) in [7, 11) is 1.96. The van der Waals surface area contributed by atoms with Crippen molar-refractivity contribution in [2.24, 2.45) is 18.7 Å². The standard InChI is InChI=1S/C14H28N4/c1-10(2)8-18(11(3)4)14(7-15)13-9-17(6)16-12(13)5/h9-11,14H,7-8,15H2,1-6H3. The predicted molar refractivity (Wildman–Crippen MR) is 76.4 cm³/mol. The zero-order valence-corrected chi connectivity index (χ0v) is 12.6. The highest BCUT2D eigenvalue weighted by molar-refractivity contribution is 5.21. The zero-order chi connectivity index (χ0) is 13.9. The van der Waals surface area contributed by atoms with Crippen LogP contribution in [0.5, 0.6) is 0 Å². The zero-order valence-electron chi connectivity index (χ0n) is 12.6. The van der Waals surface area contributed by atoms with Gasteiger partial charge in [0.2, 0.25) is 0 Å². The van der Waals surface area contributed by atoms with Gasteiger partial charge in [-0.25, -0.2) is 0 Å². The van der Waals surface area contributed by atoms with Gasteiger partial charge in [0, 0.05) is 37.9 Å². The fraction of sp³-hybridized carbons (Fsp3) is 0.786. The van der Waals surface area contributed by atoms with E-state index in [1.165, 1.54) is 5.56 Å². The maximum atomic E-state index is 6.02. The molecule has 0 aliphatic heterocycles. The van der Waals surface area contributed by atoms with E-state index in [1.54, 1.807) is 0 Å². The average Bonchev–Trinajstić information content (AvgIpc) is 2.57. The minimum atomic E-state index is 0.265. The second kappa shape index (κ2) is 6.34. The monoisotopic (exact) mass is 252 g/mol. The van der Waals surface area contributed by atoms with Crippen molar-refractivity contribution >= 4 is 0 Å². The average molecular weight is 252 g/mol. The summed E-state index contributed by atoms with van der Waals surface area (Å²) in [4.78, 5) is 2.48. The quantitative estimate of drug-likeness (QED) is 0.843. The number of hydrogen-bond donors (Lipinski definition) is 1. The Bertz CT molecular complexity index is 368. The SMILES string of the molecule is Cc1nn(C)cc1C(CN)N(CC(C)C)C(C)C. The molecule has 0 aliphatic carbocycles. The molecule has 1 aromatic rings. The number of aromatic nitrogens is 2. The van der Waals surface area contributed by atoms with Crippen LogP contribution in [0.15, 0.2) is 6.20 Å². The van der Waals surface area contributed by atoms with E-state index in [1.807, 2.05) is 11.7 Å². The molecular formula is C14H28N4. The molecule has 1 aromatic heterocycles. The Morgan fingerprint density at radius 2 is 1.94 bits per heavy atom. The number of nitrogens with zero attached hydrogens (tertiary/aromatic N) is 3. The smallest absolute Gasteiger partial charge is 0.0641 e. The Morgan fingerprint density at radius 1 is 1.33 bits per heavy atom. The van der Waals surface area contributed by atoms with Crippen LogP contribution in [-0.2, 0) is 7.05 Å². The highest BCUT2D eigenvalue weighted by Crippen LogP contribution is 2.25. The first-order chi connectivity index (χ1) is 8.36. The molecule has 1 unspecified atom stereocenters. The van der Waals surface area contributed by atoms with E-state index in [2.05, 4.69) is 50.8 Å². The fourth-order valence-electron chi connectivity index (χ4n) is 2.51. The predicted octanol–water partition coefficient (Wildman–Crippen LogP) is 2.09. The van der Waals surface area contributed by atoms with E-state index in [4.69, 9.17) is 5.73 Å². The summed E-state index contributed by atoms with van der Waals surface area (Å²) in [6, 6.07) is 0.752. The molecule has 0 aromatic carbocycles. The number of rotatable bonds is 6. The summed E-state index contributed by atoms with van der Waals surface area (Å²) in [5.74, 6) is 0.637. The Balaban J connectivity index is 3.01. The summed E-state index contributed by atoms with van der Waals surface area (Å²) < 4.78 is 1.88. The van der Waals surface area contributed by atoms with Gasteiger partial charge in [-0.15, -0.1) is 0 Å². The van der Waals surface area contributed by atoms with Crippen molar-refractivity contribution < 1.29 is 0 Å². The van der Waals surface area contributed by atoms with Crippen molar-refractivity contribution in [3.05, 3.63) is 17.5 Å². The second-order valence-electron chi connectivity index (χ2n) is 5.78. The Hall–Kier alpha value is -0.870. The largest absolute Gasteiger partial charge is 0.329 e. The van der Waals surface area contributed by atoms with E-state index < -0.39 is 0 Å². The summed E-state index contributed by atoms with van der Waals surface area (Å²) in [5.41, 5.74) is 8.36. The summed E-state index contributed by atoms with van der Waals surface area (Å²) >= 11 is 0.